The molecule has 21 heavy (non-hydrogen) atoms. The van der Waals surface area contributed by atoms with Crippen molar-refractivity contribution in [2.24, 2.45) is 0 Å². The molecule has 0 unspecified atom stereocenters. The van der Waals surface area contributed by atoms with Crippen LogP contribution in [0.1, 0.15) is 0 Å². The number of nitrogens with one attached hydrogen (secondary N) is 1. The quantitative estimate of drug-likeness (QED) is 0.896. The Bertz CT molecular complexity index is 734. The van der Waals surface area contributed by atoms with Crippen LogP contribution in [0.5, 0.6) is 11.6 Å². The van der Waals surface area contributed by atoms with Crippen LogP contribution >= 0.6 is 0 Å². The molecule has 8 nitrogen and oxygen atoms in total. The van der Waals surface area contributed by atoms with Crippen LogP contribution in [0.2, 0.25) is 0 Å². The van der Waals surface area contributed by atoms with Gasteiger partial charge in [-0.3, -0.25) is 0 Å². The molecule has 0 saturated carbocycles. The monoisotopic (exact) mass is 309 g/mol. The van der Waals surface area contributed by atoms with Crippen LogP contribution in [-0.4, -0.2) is 31.6 Å². The van der Waals surface area contributed by atoms with Crippen molar-refractivity contribution < 1.29 is 22.7 Å². The van der Waals surface area contributed by atoms with Gasteiger partial charge in [-0.1, -0.05) is 18.2 Å². The van der Waals surface area contributed by atoms with Gasteiger partial charge in [-0.05, 0) is 12.1 Å². The second-order valence-electron chi connectivity index (χ2n) is 3.68. The van der Waals surface area contributed by atoms with Crippen molar-refractivity contribution >= 4 is 16.1 Å². The largest absolute Gasteiger partial charge is 0.479 e. The predicted molar refractivity (Wildman–Crippen MR) is 71.4 cm³/mol. The summed E-state index contributed by atoms with van der Waals surface area (Å²) in [6.45, 7) is 0. The standard InChI is InChI=1S/C12H11N3O5S/c1-19-10-11(14-8-7-13-10)21(17,18)15-12(16)20-9-5-3-2-4-6-9/h2-8H,1H3,(H,15,16). The van der Waals surface area contributed by atoms with Crippen molar-refractivity contribution in [3.63, 3.8) is 0 Å². The normalized spacial score (nSPS) is 10.7. The molecule has 1 amide bonds. The minimum absolute atomic E-state index is 0.205. The van der Waals surface area contributed by atoms with E-state index in [0.29, 0.717) is 0 Å². The number of amides is 1. The zero-order chi connectivity index (χ0) is 15.3. The molecule has 0 bridgehead atoms. The number of para-hydroxylation sites is 1. The summed E-state index contributed by atoms with van der Waals surface area (Å²) in [5.74, 6) is -0.0196. The van der Waals surface area contributed by atoms with Crippen LogP contribution in [0.3, 0.4) is 0 Å². The molecule has 0 saturated heterocycles. The van der Waals surface area contributed by atoms with Crippen molar-refractivity contribution in [3.8, 4) is 11.6 Å². The minimum Gasteiger partial charge on any atom is -0.479 e. The lowest BCUT2D eigenvalue weighted by atomic mass is 10.3. The number of benzene rings is 1. The first-order valence-electron chi connectivity index (χ1n) is 5.67. The van der Waals surface area contributed by atoms with Crippen LogP contribution in [0.4, 0.5) is 4.79 Å². The number of carbonyl (C=O) groups excluding carboxylic acids is 1. The molecule has 2 aromatic rings. The van der Waals surface area contributed by atoms with E-state index >= 15 is 0 Å². The van der Waals surface area contributed by atoms with Gasteiger partial charge >= 0.3 is 6.09 Å². The Morgan fingerprint density at radius 2 is 1.81 bits per heavy atom. The Hall–Kier alpha value is -2.68. The van der Waals surface area contributed by atoms with Crippen LogP contribution in [0.25, 0.3) is 0 Å². The van der Waals surface area contributed by atoms with Gasteiger partial charge in [0, 0.05) is 12.4 Å². The SMILES string of the molecule is COc1nccnc1S(=O)(=O)NC(=O)Oc1ccccc1. The number of ether oxygens (including phenoxy) is 2. The molecule has 0 aliphatic rings. The van der Waals surface area contributed by atoms with E-state index in [0.717, 1.165) is 0 Å². The maximum absolute atomic E-state index is 12.0. The summed E-state index contributed by atoms with van der Waals surface area (Å²) in [5, 5.41) is -0.502. The number of aromatic nitrogens is 2. The fourth-order valence-corrected chi connectivity index (χ4v) is 2.33. The van der Waals surface area contributed by atoms with Crippen LogP contribution in [-0.2, 0) is 10.0 Å². The molecular formula is C12H11N3O5S. The molecule has 0 spiro atoms. The summed E-state index contributed by atoms with van der Waals surface area (Å²) >= 11 is 0. The van der Waals surface area contributed by atoms with Gasteiger partial charge in [-0.25, -0.2) is 19.5 Å². The summed E-state index contributed by atoms with van der Waals surface area (Å²) in [7, 11) is -3.00. The number of hydrogen-bond acceptors (Lipinski definition) is 7. The molecule has 0 aliphatic carbocycles. The zero-order valence-corrected chi connectivity index (χ0v) is 11.7. The molecule has 1 aromatic carbocycles. The topological polar surface area (TPSA) is 107 Å². The average Bonchev–Trinajstić information content (AvgIpc) is 2.47. The second kappa shape index (κ2) is 6.18. The first-order chi connectivity index (χ1) is 10.0. The molecule has 1 aromatic heterocycles. The third-order valence-corrected chi connectivity index (χ3v) is 3.48. The van der Waals surface area contributed by atoms with Gasteiger partial charge in [0.25, 0.3) is 15.9 Å². The molecule has 2 rings (SSSR count). The van der Waals surface area contributed by atoms with Crippen LogP contribution in [0, 0.1) is 0 Å². The Morgan fingerprint density at radius 1 is 1.14 bits per heavy atom. The van der Waals surface area contributed by atoms with Gasteiger partial charge in [0.2, 0.25) is 5.03 Å². The molecular weight excluding hydrogens is 298 g/mol. The summed E-state index contributed by atoms with van der Waals surface area (Å²) in [6, 6.07) is 8.03. The average molecular weight is 309 g/mol. The Labute approximate surface area is 120 Å². The maximum atomic E-state index is 12.0. The fourth-order valence-electron chi connectivity index (χ4n) is 1.41. The molecule has 1 N–H and O–H groups in total. The number of nitrogens with zero attached hydrogens (tertiary/aromatic N) is 2. The number of sulfonamides is 1. The van der Waals surface area contributed by atoms with E-state index in [-0.39, 0.29) is 11.6 Å². The highest BCUT2D eigenvalue weighted by atomic mass is 32.2. The summed E-state index contributed by atoms with van der Waals surface area (Å²) in [6.07, 6.45) is 1.27. The van der Waals surface area contributed by atoms with E-state index in [1.807, 2.05) is 0 Å². The lowest BCUT2D eigenvalue weighted by molar-refractivity contribution is 0.206. The molecule has 0 fully saturated rings. The van der Waals surface area contributed by atoms with Gasteiger partial charge in [0.05, 0.1) is 7.11 Å². The lowest BCUT2D eigenvalue weighted by Crippen LogP contribution is -2.33. The summed E-state index contributed by atoms with van der Waals surface area (Å²) in [5.41, 5.74) is 0. The fraction of sp³-hybridized carbons (Fsp3) is 0.0833. The van der Waals surface area contributed by atoms with Crippen molar-refractivity contribution in [1.29, 1.82) is 0 Å². The van der Waals surface area contributed by atoms with E-state index < -0.39 is 21.1 Å². The molecule has 110 valence electrons. The highest BCUT2D eigenvalue weighted by Gasteiger charge is 2.25. The van der Waals surface area contributed by atoms with Gasteiger partial charge < -0.3 is 9.47 Å². The number of hydrogen-bond donors (Lipinski definition) is 1. The smallest absolute Gasteiger partial charge is 0.426 e. The van der Waals surface area contributed by atoms with E-state index in [1.165, 1.54) is 31.6 Å². The van der Waals surface area contributed by atoms with Crippen molar-refractivity contribution in [2.75, 3.05) is 7.11 Å². The Balaban J connectivity index is 2.16. The van der Waals surface area contributed by atoms with Gasteiger partial charge in [-0.15, -0.1) is 0 Å². The third-order valence-electron chi connectivity index (χ3n) is 2.25. The van der Waals surface area contributed by atoms with Crippen molar-refractivity contribution in [2.45, 2.75) is 5.03 Å². The van der Waals surface area contributed by atoms with Crippen molar-refractivity contribution in [3.05, 3.63) is 42.7 Å². The van der Waals surface area contributed by atoms with E-state index in [4.69, 9.17) is 9.47 Å². The first kappa shape index (κ1) is 14.7. The lowest BCUT2D eigenvalue weighted by Gasteiger charge is -2.08. The number of rotatable bonds is 4. The summed E-state index contributed by atoms with van der Waals surface area (Å²) in [4.78, 5) is 18.9. The van der Waals surface area contributed by atoms with Crippen molar-refractivity contribution in [1.82, 2.24) is 14.7 Å². The molecule has 9 heteroatoms. The third kappa shape index (κ3) is 3.66. The van der Waals surface area contributed by atoms with Crippen LogP contribution < -0.4 is 14.2 Å². The van der Waals surface area contributed by atoms with Gasteiger partial charge in [0.1, 0.15) is 5.75 Å². The first-order valence-corrected chi connectivity index (χ1v) is 7.16. The van der Waals surface area contributed by atoms with E-state index in [1.54, 1.807) is 22.9 Å². The van der Waals surface area contributed by atoms with Crippen LogP contribution in [0.15, 0.2) is 47.8 Å². The minimum atomic E-state index is -4.25. The number of carbonyl (C=O) groups is 1. The molecule has 0 aliphatic heterocycles. The zero-order valence-electron chi connectivity index (χ0n) is 10.9. The maximum Gasteiger partial charge on any atom is 0.426 e. The molecule has 1 heterocycles. The molecule has 0 radical (unpaired) electrons. The number of methoxy groups -OCH3 is 1. The molecule has 0 atom stereocenters. The highest BCUT2D eigenvalue weighted by molar-refractivity contribution is 7.90. The Morgan fingerprint density at radius 3 is 2.48 bits per heavy atom. The predicted octanol–water partition coefficient (Wildman–Crippen LogP) is 0.963. The van der Waals surface area contributed by atoms with Gasteiger partial charge in [0.15, 0.2) is 0 Å². The Kier molecular flexibility index (Phi) is 4.33. The summed E-state index contributed by atoms with van der Waals surface area (Å²) < 4.78 is 35.4. The highest BCUT2D eigenvalue weighted by Crippen LogP contribution is 2.17. The van der Waals surface area contributed by atoms with E-state index in [9.17, 15) is 13.2 Å². The van der Waals surface area contributed by atoms with E-state index in [2.05, 4.69) is 9.97 Å². The second-order valence-corrected chi connectivity index (χ2v) is 5.28. The van der Waals surface area contributed by atoms with Gasteiger partial charge in [-0.2, -0.15) is 8.42 Å².